The Bertz CT molecular complexity index is 710. The number of aryl methyl sites for hydroxylation is 2. The lowest BCUT2D eigenvalue weighted by Crippen LogP contribution is -2.20. The van der Waals surface area contributed by atoms with Crippen molar-refractivity contribution in [3.63, 3.8) is 0 Å². The summed E-state index contributed by atoms with van der Waals surface area (Å²) in [5.41, 5.74) is 0.247. The van der Waals surface area contributed by atoms with Gasteiger partial charge in [0.25, 0.3) is 15.6 Å². The molecule has 0 unspecified atom stereocenters. The molecule has 3 N–H and O–H groups in total. The summed E-state index contributed by atoms with van der Waals surface area (Å²) in [6, 6.07) is 2.93. The minimum atomic E-state index is -3.82. The number of H-pyrrole nitrogens is 2. The van der Waals surface area contributed by atoms with E-state index in [1.807, 2.05) is 0 Å². The summed E-state index contributed by atoms with van der Waals surface area (Å²) in [6.45, 7) is 3.18. The van der Waals surface area contributed by atoms with E-state index in [-0.39, 0.29) is 10.6 Å². The van der Waals surface area contributed by atoms with Crippen LogP contribution >= 0.6 is 0 Å². The second kappa shape index (κ2) is 4.30. The highest BCUT2D eigenvalue weighted by Gasteiger charge is 2.22. The normalized spacial score (nSPS) is 11.4. The number of aromatic nitrogens is 3. The topological polar surface area (TPSA) is 108 Å². The van der Waals surface area contributed by atoms with Gasteiger partial charge in [-0.15, -0.1) is 0 Å². The van der Waals surface area contributed by atoms with Crippen molar-refractivity contribution in [2.45, 2.75) is 18.7 Å². The first-order valence-corrected chi connectivity index (χ1v) is 6.62. The van der Waals surface area contributed by atoms with E-state index in [2.05, 4.69) is 19.9 Å². The van der Waals surface area contributed by atoms with Gasteiger partial charge < -0.3 is 4.98 Å². The lowest BCUT2D eigenvalue weighted by molar-refractivity contribution is 0.600. The van der Waals surface area contributed by atoms with Crippen LogP contribution in [0, 0.1) is 13.8 Å². The van der Waals surface area contributed by atoms with Gasteiger partial charge in [-0.2, -0.15) is 5.10 Å². The highest BCUT2D eigenvalue weighted by molar-refractivity contribution is 7.92. The van der Waals surface area contributed by atoms with Gasteiger partial charge in [-0.05, 0) is 26.0 Å². The largest absolute Gasteiger partial charge is 0.327 e. The van der Waals surface area contributed by atoms with Gasteiger partial charge in [0.1, 0.15) is 10.6 Å². The van der Waals surface area contributed by atoms with Crippen LogP contribution in [0.3, 0.4) is 0 Å². The second-order valence-corrected chi connectivity index (χ2v) is 5.40. The molecule has 0 spiro atoms. The molecule has 0 aliphatic heterocycles. The summed E-state index contributed by atoms with van der Waals surface area (Å²) in [6.07, 6.45) is 1.43. The summed E-state index contributed by atoms with van der Waals surface area (Å²) in [5, 5.41) is 6.40. The van der Waals surface area contributed by atoms with Crippen molar-refractivity contribution in [3.05, 3.63) is 40.1 Å². The van der Waals surface area contributed by atoms with Crippen LogP contribution in [-0.2, 0) is 10.0 Å². The van der Waals surface area contributed by atoms with Gasteiger partial charge in [0, 0.05) is 6.20 Å². The fourth-order valence-electron chi connectivity index (χ4n) is 1.63. The van der Waals surface area contributed by atoms with Crippen molar-refractivity contribution in [1.82, 2.24) is 15.2 Å². The van der Waals surface area contributed by atoms with Crippen LogP contribution in [0.15, 0.2) is 28.0 Å². The second-order valence-electron chi connectivity index (χ2n) is 3.78. The van der Waals surface area contributed by atoms with Gasteiger partial charge >= 0.3 is 0 Å². The third-order valence-electron chi connectivity index (χ3n) is 2.39. The maximum absolute atomic E-state index is 12.1. The Morgan fingerprint density at radius 2 is 2.06 bits per heavy atom. The van der Waals surface area contributed by atoms with E-state index in [9.17, 15) is 13.2 Å². The van der Waals surface area contributed by atoms with E-state index < -0.39 is 15.6 Å². The standard InChI is InChI=1S/C10H12N4O3S/c1-6-9(7(2)13-12-6)18(16,17)14-8-4-3-5-11-10(8)15/h3-5,14H,1-2H3,(H,11,15)(H,12,13). The molecule has 2 heterocycles. The quantitative estimate of drug-likeness (QED) is 0.754. The Hall–Kier alpha value is -2.09. The van der Waals surface area contributed by atoms with Crippen molar-refractivity contribution in [3.8, 4) is 0 Å². The molecule has 8 heteroatoms. The molecule has 0 saturated carbocycles. The Labute approximate surface area is 103 Å². The molecular weight excluding hydrogens is 256 g/mol. The van der Waals surface area contributed by atoms with Gasteiger partial charge in [-0.1, -0.05) is 0 Å². The highest BCUT2D eigenvalue weighted by Crippen LogP contribution is 2.18. The fraction of sp³-hybridized carbons (Fsp3) is 0.200. The molecule has 2 aromatic heterocycles. The Kier molecular flexibility index (Phi) is 2.95. The Balaban J connectivity index is 2.46. The number of aromatic amines is 2. The predicted octanol–water partition coefficient (Wildman–Crippen LogP) is 0.516. The molecule has 0 bridgehead atoms. The van der Waals surface area contributed by atoms with Crippen LogP contribution in [0.2, 0.25) is 0 Å². The molecule has 0 aliphatic carbocycles. The predicted molar refractivity (Wildman–Crippen MR) is 65.9 cm³/mol. The summed E-state index contributed by atoms with van der Waals surface area (Å²) >= 11 is 0. The zero-order chi connectivity index (χ0) is 13.3. The van der Waals surface area contributed by atoms with Crippen molar-refractivity contribution >= 4 is 15.7 Å². The number of hydrogen-bond acceptors (Lipinski definition) is 4. The number of pyridine rings is 1. The van der Waals surface area contributed by atoms with Crippen molar-refractivity contribution < 1.29 is 8.42 Å². The molecular formula is C10H12N4O3S. The monoisotopic (exact) mass is 268 g/mol. The van der Waals surface area contributed by atoms with Crippen molar-refractivity contribution in [2.75, 3.05) is 4.72 Å². The minimum absolute atomic E-state index is 0.0301. The van der Waals surface area contributed by atoms with E-state index in [0.29, 0.717) is 11.4 Å². The molecule has 0 fully saturated rings. The highest BCUT2D eigenvalue weighted by atomic mass is 32.2. The SMILES string of the molecule is Cc1n[nH]c(C)c1S(=O)(=O)Nc1ccc[nH]c1=O. The van der Waals surface area contributed by atoms with Gasteiger partial charge in [0.2, 0.25) is 0 Å². The third-order valence-corrected chi connectivity index (χ3v) is 4.02. The molecule has 0 radical (unpaired) electrons. The van der Waals surface area contributed by atoms with Crippen LogP contribution in [0.5, 0.6) is 0 Å². The smallest absolute Gasteiger partial charge is 0.272 e. The van der Waals surface area contributed by atoms with Gasteiger partial charge in [-0.25, -0.2) is 8.42 Å². The minimum Gasteiger partial charge on any atom is -0.327 e. The average Bonchev–Trinajstić information content (AvgIpc) is 2.62. The van der Waals surface area contributed by atoms with E-state index in [0.717, 1.165) is 0 Å². The molecule has 2 rings (SSSR count). The van der Waals surface area contributed by atoms with E-state index >= 15 is 0 Å². The number of sulfonamides is 1. The van der Waals surface area contributed by atoms with Crippen LogP contribution in [0.1, 0.15) is 11.4 Å². The maximum Gasteiger partial charge on any atom is 0.272 e. The third kappa shape index (κ3) is 2.14. The lowest BCUT2D eigenvalue weighted by atomic mass is 10.4. The lowest BCUT2D eigenvalue weighted by Gasteiger charge is -2.06. The summed E-state index contributed by atoms with van der Waals surface area (Å²) in [7, 11) is -3.82. The van der Waals surface area contributed by atoms with Crippen LogP contribution in [0.4, 0.5) is 5.69 Å². The van der Waals surface area contributed by atoms with Gasteiger partial charge in [-0.3, -0.25) is 14.6 Å². The number of rotatable bonds is 3. The number of nitrogens with zero attached hydrogens (tertiary/aromatic N) is 1. The number of nitrogens with one attached hydrogen (secondary N) is 3. The van der Waals surface area contributed by atoms with Crippen LogP contribution in [-0.4, -0.2) is 23.6 Å². The zero-order valence-electron chi connectivity index (χ0n) is 9.81. The van der Waals surface area contributed by atoms with E-state index in [1.54, 1.807) is 13.8 Å². The summed E-state index contributed by atoms with van der Waals surface area (Å²) in [4.78, 5) is 13.9. The summed E-state index contributed by atoms with van der Waals surface area (Å²) in [5.74, 6) is 0. The number of anilines is 1. The maximum atomic E-state index is 12.1. The first kappa shape index (κ1) is 12.4. The van der Waals surface area contributed by atoms with Gasteiger partial charge in [0.15, 0.2) is 0 Å². The summed E-state index contributed by atoms with van der Waals surface area (Å²) < 4.78 is 26.5. The average molecular weight is 268 g/mol. The van der Waals surface area contributed by atoms with Crippen molar-refractivity contribution in [1.29, 1.82) is 0 Å². The Morgan fingerprint density at radius 1 is 1.33 bits per heavy atom. The molecule has 96 valence electrons. The molecule has 0 aromatic carbocycles. The van der Waals surface area contributed by atoms with E-state index in [4.69, 9.17) is 0 Å². The van der Waals surface area contributed by atoms with Crippen LogP contribution < -0.4 is 10.3 Å². The molecule has 0 amide bonds. The molecule has 7 nitrogen and oxygen atoms in total. The van der Waals surface area contributed by atoms with Crippen molar-refractivity contribution in [2.24, 2.45) is 0 Å². The Morgan fingerprint density at radius 3 is 2.61 bits per heavy atom. The van der Waals surface area contributed by atoms with Crippen LogP contribution in [0.25, 0.3) is 0 Å². The number of hydrogen-bond donors (Lipinski definition) is 3. The van der Waals surface area contributed by atoms with Gasteiger partial charge in [0.05, 0.1) is 11.4 Å². The fourth-order valence-corrected chi connectivity index (χ4v) is 3.07. The first-order valence-electron chi connectivity index (χ1n) is 5.14. The van der Waals surface area contributed by atoms with E-state index in [1.165, 1.54) is 18.3 Å². The first-order chi connectivity index (χ1) is 8.42. The zero-order valence-corrected chi connectivity index (χ0v) is 10.6. The molecule has 0 saturated heterocycles. The molecule has 0 aliphatic rings. The molecule has 18 heavy (non-hydrogen) atoms. The molecule has 0 atom stereocenters. The molecule has 2 aromatic rings.